The quantitative estimate of drug-likeness (QED) is 0.621. The molecule has 0 bridgehead atoms. The van der Waals surface area contributed by atoms with Crippen molar-refractivity contribution in [3.8, 4) is 11.1 Å². The van der Waals surface area contributed by atoms with Crippen LogP contribution in [0.3, 0.4) is 0 Å². The summed E-state index contributed by atoms with van der Waals surface area (Å²) in [5.74, 6) is -0.921. The Labute approximate surface area is 186 Å². The first-order chi connectivity index (χ1) is 15.4. The van der Waals surface area contributed by atoms with Crippen LogP contribution in [0.5, 0.6) is 0 Å². The Balaban J connectivity index is 1.40. The number of hydrogen-bond donors (Lipinski definition) is 1. The third kappa shape index (κ3) is 3.74. The third-order valence-corrected chi connectivity index (χ3v) is 7.93. The van der Waals surface area contributed by atoms with Crippen molar-refractivity contribution in [2.24, 2.45) is 0 Å². The molecule has 1 unspecified atom stereocenters. The van der Waals surface area contributed by atoms with Gasteiger partial charge in [0.1, 0.15) is 0 Å². The zero-order chi connectivity index (χ0) is 22.3. The summed E-state index contributed by atoms with van der Waals surface area (Å²) in [7, 11) is -3.68. The van der Waals surface area contributed by atoms with E-state index in [9.17, 15) is 18.0 Å². The third-order valence-electron chi connectivity index (χ3n) is 6.14. The summed E-state index contributed by atoms with van der Waals surface area (Å²) in [6.07, 6.45) is 0.781. The second-order valence-corrected chi connectivity index (χ2v) is 10.1. The van der Waals surface area contributed by atoms with E-state index in [2.05, 4.69) is 5.32 Å². The Kier molecular flexibility index (Phi) is 5.15. The normalized spacial score (nSPS) is 18.9. The average Bonchev–Trinajstić information content (AvgIpc) is 3.24. The van der Waals surface area contributed by atoms with Gasteiger partial charge in [0.2, 0.25) is 21.8 Å². The van der Waals surface area contributed by atoms with E-state index in [-0.39, 0.29) is 29.2 Å². The fourth-order valence-electron chi connectivity index (χ4n) is 4.40. The second-order valence-electron chi connectivity index (χ2n) is 8.20. The summed E-state index contributed by atoms with van der Waals surface area (Å²) in [5, 5.41) is 2.38. The van der Waals surface area contributed by atoms with E-state index in [0.717, 1.165) is 27.8 Å². The first-order valence-corrected chi connectivity index (χ1v) is 12.0. The molecule has 0 aliphatic carbocycles. The van der Waals surface area contributed by atoms with Crippen LogP contribution in [0.1, 0.15) is 35.4 Å². The number of fused-ring (bicyclic) bond motifs is 1. The predicted molar refractivity (Wildman–Crippen MR) is 120 cm³/mol. The van der Waals surface area contributed by atoms with Crippen molar-refractivity contribution in [2.45, 2.75) is 36.7 Å². The second kappa shape index (κ2) is 8.00. The van der Waals surface area contributed by atoms with Gasteiger partial charge in [0.15, 0.2) is 0 Å². The zero-order valence-corrected chi connectivity index (χ0v) is 18.1. The van der Waals surface area contributed by atoms with Gasteiger partial charge in [0.25, 0.3) is 0 Å². The Hall–Kier alpha value is -3.29. The molecule has 6 nitrogen and oxygen atoms in total. The first-order valence-electron chi connectivity index (χ1n) is 10.5. The highest BCUT2D eigenvalue weighted by Crippen LogP contribution is 2.33. The lowest BCUT2D eigenvalue weighted by Crippen LogP contribution is -2.39. The highest BCUT2D eigenvalue weighted by Gasteiger charge is 2.33. The number of piperidine rings is 1. The van der Waals surface area contributed by atoms with Crippen molar-refractivity contribution < 1.29 is 18.0 Å². The summed E-state index contributed by atoms with van der Waals surface area (Å²) in [5.41, 5.74) is 4.46. The maximum Gasteiger partial charge on any atom is 0.243 e. The molecule has 3 aromatic rings. The Bertz CT molecular complexity index is 1320. The van der Waals surface area contributed by atoms with Gasteiger partial charge in [-0.15, -0.1) is 0 Å². The molecule has 2 heterocycles. The Morgan fingerprint density at radius 2 is 1.56 bits per heavy atom. The molecule has 0 saturated carbocycles. The van der Waals surface area contributed by atoms with E-state index >= 15 is 0 Å². The molecule has 2 aliphatic rings. The minimum absolute atomic E-state index is 0.248. The number of amides is 2. The number of sulfonamides is 1. The van der Waals surface area contributed by atoms with Crippen LogP contribution in [0, 0.1) is 0 Å². The molecule has 1 N–H and O–H groups in total. The molecule has 2 amide bonds. The molecular formula is C25H22N2O4S. The van der Waals surface area contributed by atoms with Gasteiger partial charge in [0.05, 0.1) is 10.8 Å². The number of benzene rings is 3. The standard InChI is InChI=1S/C25H22N2O4S/c28-24-12-11-23(25(29)26-24)19-9-10-20-15-27(16-21(20)13-19)32(30,31)22-8-4-7-18(14-22)17-5-2-1-3-6-17/h1-10,13-14,23H,11-12,15-16H2,(H,26,28,29). The number of imide groups is 1. The SMILES string of the molecule is O=C1CCC(c2ccc3c(c2)CN(S(=O)(=O)c2cccc(-c4ccccc4)c2)C3)C(=O)N1. The van der Waals surface area contributed by atoms with Gasteiger partial charge >= 0.3 is 0 Å². The van der Waals surface area contributed by atoms with E-state index < -0.39 is 10.0 Å². The molecule has 7 heteroatoms. The summed E-state index contributed by atoms with van der Waals surface area (Å²) >= 11 is 0. The van der Waals surface area contributed by atoms with Crippen molar-refractivity contribution in [1.82, 2.24) is 9.62 Å². The van der Waals surface area contributed by atoms with Gasteiger partial charge in [-0.2, -0.15) is 4.31 Å². The zero-order valence-electron chi connectivity index (χ0n) is 17.3. The van der Waals surface area contributed by atoms with Crippen molar-refractivity contribution in [1.29, 1.82) is 0 Å². The van der Waals surface area contributed by atoms with Gasteiger partial charge in [-0.1, -0.05) is 60.7 Å². The largest absolute Gasteiger partial charge is 0.296 e. The van der Waals surface area contributed by atoms with Crippen molar-refractivity contribution in [3.63, 3.8) is 0 Å². The van der Waals surface area contributed by atoms with Gasteiger partial charge in [-0.3, -0.25) is 14.9 Å². The molecule has 1 fully saturated rings. The molecular weight excluding hydrogens is 424 g/mol. The summed E-state index contributed by atoms with van der Waals surface area (Å²) in [6.45, 7) is 0.553. The van der Waals surface area contributed by atoms with E-state index in [1.54, 1.807) is 18.2 Å². The Morgan fingerprint density at radius 3 is 2.34 bits per heavy atom. The van der Waals surface area contributed by atoms with Crippen LogP contribution in [0.15, 0.2) is 77.7 Å². The number of carbonyl (C=O) groups is 2. The van der Waals surface area contributed by atoms with Crippen LogP contribution >= 0.6 is 0 Å². The van der Waals surface area contributed by atoms with Crippen molar-refractivity contribution in [3.05, 3.63) is 89.5 Å². The van der Waals surface area contributed by atoms with Crippen LogP contribution < -0.4 is 5.32 Å². The van der Waals surface area contributed by atoms with Gasteiger partial charge < -0.3 is 0 Å². The van der Waals surface area contributed by atoms with Gasteiger partial charge in [0, 0.05) is 19.5 Å². The smallest absolute Gasteiger partial charge is 0.243 e. The van der Waals surface area contributed by atoms with Crippen LogP contribution in [0.4, 0.5) is 0 Å². The van der Waals surface area contributed by atoms with E-state index in [4.69, 9.17) is 0 Å². The maximum atomic E-state index is 13.4. The van der Waals surface area contributed by atoms with Gasteiger partial charge in [-0.25, -0.2) is 8.42 Å². The molecule has 0 aromatic heterocycles. The van der Waals surface area contributed by atoms with Crippen LogP contribution in [-0.4, -0.2) is 24.5 Å². The molecule has 0 spiro atoms. The number of nitrogens with zero attached hydrogens (tertiary/aromatic N) is 1. The molecule has 3 aromatic carbocycles. The lowest BCUT2D eigenvalue weighted by molar-refractivity contribution is -0.134. The fraction of sp³-hybridized carbons (Fsp3) is 0.200. The molecule has 2 aliphatic heterocycles. The van der Waals surface area contributed by atoms with E-state index in [1.165, 1.54) is 4.31 Å². The van der Waals surface area contributed by atoms with Crippen LogP contribution in [-0.2, 0) is 32.7 Å². The number of carbonyl (C=O) groups excluding carboxylic acids is 2. The summed E-state index contributed by atoms with van der Waals surface area (Å²) in [6, 6.07) is 22.3. The molecule has 1 saturated heterocycles. The highest BCUT2D eigenvalue weighted by atomic mass is 32.2. The molecule has 0 radical (unpaired) electrons. The number of hydrogen-bond acceptors (Lipinski definition) is 4. The van der Waals surface area contributed by atoms with Crippen LogP contribution in [0.25, 0.3) is 11.1 Å². The summed E-state index contributed by atoms with van der Waals surface area (Å²) in [4.78, 5) is 23.9. The van der Waals surface area contributed by atoms with Gasteiger partial charge in [-0.05, 0) is 46.4 Å². The Morgan fingerprint density at radius 1 is 0.812 bits per heavy atom. The predicted octanol–water partition coefficient (Wildman–Crippen LogP) is 3.58. The molecule has 162 valence electrons. The monoisotopic (exact) mass is 446 g/mol. The first kappa shape index (κ1) is 20.6. The minimum atomic E-state index is -3.68. The van der Waals surface area contributed by atoms with Crippen LogP contribution in [0.2, 0.25) is 0 Å². The lowest BCUT2D eigenvalue weighted by atomic mass is 9.89. The molecule has 32 heavy (non-hydrogen) atoms. The fourth-order valence-corrected chi connectivity index (χ4v) is 5.84. The number of nitrogens with one attached hydrogen (secondary N) is 1. The highest BCUT2D eigenvalue weighted by molar-refractivity contribution is 7.89. The minimum Gasteiger partial charge on any atom is -0.296 e. The average molecular weight is 447 g/mol. The van der Waals surface area contributed by atoms with Crippen molar-refractivity contribution in [2.75, 3.05) is 0 Å². The summed E-state index contributed by atoms with van der Waals surface area (Å²) < 4.78 is 28.2. The number of rotatable bonds is 4. The lowest BCUT2D eigenvalue weighted by Gasteiger charge is -2.21. The molecule has 1 atom stereocenters. The maximum absolute atomic E-state index is 13.4. The van der Waals surface area contributed by atoms with Crippen molar-refractivity contribution >= 4 is 21.8 Å². The molecule has 5 rings (SSSR count). The van der Waals surface area contributed by atoms with E-state index in [1.807, 2.05) is 54.6 Å². The van der Waals surface area contributed by atoms with E-state index in [0.29, 0.717) is 19.4 Å². The topological polar surface area (TPSA) is 83.6 Å².